The molecule has 0 aromatic heterocycles. The van der Waals surface area contributed by atoms with Crippen LogP contribution < -0.4 is 10.1 Å². The number of azide groups is 1. The topological polar surface area (TPSA) is 107 Å². The van der Waals surface area contributed by atoms with Gasteiger partial charge < -0.3 is 9.84 Å². The van der Waals surface area contributed by atoms with Gasteiger partial charge in [-0.25, -0.2) is 4.79 Å². The predicted molar refractivity (Wildman–Crippen MR) is 79.2 cm³/mol. The molecule has 0 radical (unpaired) electrons. The van der Waals surface area contributed by atoms with E-state index in [0.717, 1.165) is 6.42 Å². The second-order valence-corrected chi connectivity index (χ2v) is 4.68. The number of aliphatic carboxylic acids is 1. The van der Waals surface area contributed by atoms with Crippen molar-refractivity contribution in [2.75, 3.05) is 19.7 Å². The van der Waals surface area contributed by atoms with E-state index in [2.05, 4.69) is 15.3 Å². The summed E-state index contributed by atoms with van der Waals surface area (Å²) in [7, 11) is 0. The van der Waals surface area contributed by atoms with Crippen LogP contribution in [0.3, 0.4) is 0 Å². The van der Waals surface area contributed by atoms with E-state index < -0.39 is 11.5 Å². The first kappa shape index (κ1) is 16.8. The first-order valence-electron chi connectivity index (χ1n) is 6.77. The molecule has 114 valence electrons. The Labute approximate surface area is 123 Å². The third-order valence-electron chi connectivity index (χ3n) is 3.09. The number of hydrogen-bond donors (Lipinski definition) is 2. The maximum absolute atomic E-state index is 11.5. The molecule has 0 fully saturated rings. The van der Waals surface area contributed by atoms with Crippen molar-refractivity contribution in [2.24, 2.45) is 5.11 Å². The Kier molecular flexibility index (Phi) is 6.52. The van der Waals surface area contributed by atoms with E-state index in [1.54, 1.807) is 31.2 Å². The molecule has 7 heteroatoms. The molecule has 0 saturated heterocycles. The van der Waals surface area contributed by atoms with E-state index >= 15 is 0 Å². The van der Waals surface area contributed by atoms with Gasteiger partial charge in [-0.2, -0.15) is 0 Å². The zero-order valence-electron chi connectivity index (χ0n) is 12.2. The molecule has 0 aliphatic rings. The third-order valence-corrected chi connectivity index (χ3v) is 3.09. The van der Waals surface area contributed by atoms with Crippen LogP contribution in [-0.4, -0.2) is 30.8 Å². The fraction of sp³-hybridized carbons (Fsp3) is 0.500. The molecule has 21 heavy (non-hydrogen) atoms. The van der Waals surface area contributed by atoms with Crippen LogP contribution in [0.2, 0.25) is 0 Å². The lowest BCUT2D eigenvalue weighted by atomic mass is 9.92. The highest BCUT2D eigenvalue weighted by Gasteiger charge is 2.34. The summed E-state index contributed by atoms with van der Waals surface area (Å²) in [4.78, 5) is 14.2. The van der Waals surface area contributed by atoms with Crippen molar-refractivity contribution < 1.29 is 14.6 Å². The van der Waals surface area contributed by atoms with Crippen LogP contribution in [0.5, 0.6) is 5.75 Å². The maximum atomic E-state index is 11.5. The number of nitrogens with one attached hydrogen (secondary N) is 1. The van der Waals surface area contributed by atoms with E-state index in [9.17, 15) is 9.90 Å². The summed E-state index contributed by atoms with van der Waals surface area (Å²) in [6.45, 7) is 4.69. The Morgan fingerprint density at radius 3 is 2.67 bits per heavy atom. The summed E-state index contributed by atoms with van der Waals surface area (Å²) in [6.07, 6.45) is 0.912. The largest absolute Gasteiger partial charge is 0.494 e. The van der Waals surface area contributed by atoms with Crippen LogP contribution in [-0.2, 0) is 10.3 Å². The Balaban J connectivity index is 2.83. The molecule has 1 aromatic carbocycles. The molecule has 7 nitrogen and oxygen atoms in total. The molecule has 2 N–H and O–H groups in total. The van der Waals surface area contributed by atoms with Crippen LogP contribution in [0.4, 0.5) is 0 Å². The van der Waals surface area contributed by atoms with Gasteiger partial charge >= 0.3 is 5.97 Å². The molecular weight excluding hydrogens is 272 g/mol. The number of carbonyl (C=O) groups is 1. The minimum Gasteiger partial charge on any atom is -0.494 e. The summed E-state index contributed by atoms with van der Waals surface area (Å²) < 4.78 is 5.47. The number of hydrogen-bond acceptors (Lipinski definition) is 4. The first-order valence-corrected chi connectivity index (χ1v) is 6.77. The fourth-order valence-electron chi connectivity index (χ4n) is 1.81. The Morgan fingerprint density at radius 2 is 2.14 bits per heavy atom. The summed E-state index contributed by atoms with van der Waals surface area (Å²) in [5.41, 5.74) is 7.59. The van der Waals surface area contributed by atoms with Gasteiger partial charge in [-0.3, -0.25) is 5.32 Å². The molecule has 0 amide bonds. The second kappa shape index (κ2) is 8.14. The minimum atomic E-state index is -1.24. The molecule has 0 spiro atoms. The quantitative estimate of drug-likeness (QED) is 0.316. The summed E-state index contributed by atoms with van der Waals surface area (Å²) in [6, 6.07) is 6.95. The number of nitrogens with zero attached hydrogens (tertiary/aromatic N) is 3. The van der Waals surface area contributed by atoms with Crippen molar-refractivity contribution >= 4 is 5.97 Å². The number of carboxylic acids is 1. The van der Waals surface area contributed by atoms with Crippen molar-refractivity contribution in [1.82, 2.24) is 5.32 Å². The Morgan fingerprint density at radius 1 is 1.48 bits per heavy atom. The van der Waals surface area contributed by atoms with Gasteiger partial charge in [-0.15, -0.1) is 0 Å². The monoisotopic (exact) mass is 292 g/mol. The van der Waals surface area contributed by atoms with Gasteiger partial charge in [0.15, 0.2) is 0 Å². The lowest BCUT2D eigenvalue weighted by Crippen LogP contribution is -2.47. The lowest BCUT2D eigenvalue weighted by Gasteiger charge is -2.26. The normalized spacial score (nSPS) is 13.0. The summed E-state index contributed by atoms with van der Waals surface area (Å²) in [5, 5.41) is 15.7. The predicted octanol–water partition coefficient (Wildman–Crippen LogP) is 2.68. The van der Waals surface area contributed by atoms with Crippen molar-refractivity contribution in [3.05, 3.63) is 40.3 Å². The number of rotatable bonds is 9. The second-order valence-electron chi connectivity index (χ2n) is 4.68. The van der Waals surface area contributed by atoms with Gasteiger partial charge in [0.25, 0.3) is 0 Å². The Bertz CT molecular complexity index is 511. The molecule has 0 bridgehead atoms. The highest BCUT2D eigenvalue weighted by atomic mass is 16.5. The van der Waals surface area contributed by atoms with E-state index in [1.807, 2.05) is 6.92 Å². The average molecular weight is 292 g/mol. The molecule has 0 aliphatic carbocycles. The molecule has 1 unspecified atom stereocenters. The fourth-order valence-corrected chi connectivity index (χ4v) is 1.81. The highest BCUT2D eigenvalue weighted by Crippen LogP contribution is 2.23. The van der Waals surface area contributed by atoms with Gasteiger partial charge in [-0.05, 0) is 36.6 Å². The standard InChI is InChI=1S/C14H20N4O3/c1-3-10-21-12-6-4-11(5-7-12)14(2,13(19)20)16-8-9-17-18-15/h4-7,16H,3,8-10H2,1-2H3,(H,19,20). The van der Waals surface area contributed by atoms with Crippen LogP contribution in [0, 0.1) is 0 Å². The molecule has 0 saturated carbocycles. The highest BCUT2D eigenvalue weighted by molar-refractivity contribution is 5.80. The zero-order valence-corrected chi connectivity index (χ0v) is 12.2. The van der Waals surface area contributed by atoms with Crippen LogP contribution >= 0.6 is 0 Å². The van der Waals surface area contributed by atoms with Crippen molar-refractivity contribution in [2.45, 2.75) is 25.8 Å². The first-order chi connectivity index (χ1) is 10.0. The molecule has 0 aliphatic heterocycles. The summed E-state index contributed by atoms with van der Waals surface area (Å²) in [5.74, 6) is -0.284. The molecule has 1 aromatic rings. The van der Waals surface area contributed by atoms with Gasteiger partial charge in [0.05, 0.1) is 6.61 Å². The summed E-state index contributed by atoms with van der Waals surface area (Å²) >= 11 is 0. The van der Waals surface area contributed by atoms with Gasteiger partial charge in [0.2, 0.25) is 0 Å². The molecule has 1 rings (SSSR count). The van der Waals surface area contributed by atoms with E-state index in [4.69, 9.17) is 10.3 Å². The van der Waals surface area contributed by atoms with E-state index in [-0.39, 0.29) is 13.1 Å². The zero-order chi connectivity index (χ0) is 15.7. The van der Waals surface area contributed by atoms with Gasteiger partial charge in [-0.1, -0.05) is 24.2 Å². The van der Waals surface area contributed by atoms with Crippen molar-refractivity contribution in [3.63, 3.8) is 0 Å². The molecular formula is C14H20N4O3. The van der Waals surface area contributed by atoms with Crippen LogP contribution in [0.25, 0.3) is 10.4 Å². The SMILES string of the molecule is CCCOc1ccc(C(C)(NCCN=[N+]=[N-])C(=O)O)cc1. The molecule has 0 heterocycles. The third kappa shape index (κ3) is 4.66. The van der Waals surface area contributed by atoms with Crippen molar-refractivity contribution in [3.8, 4) is 5.75 Å². The van der Waals surface area contributed by atoms with Gasteiger partial charge in [0, 0.05) is 18.0 Å². The average Bonchev–Trinajstić information content (AvgIpc) is 2.49. The molecule has 1 atom stereocenters. The van der Waals surface area contributed by atoms with E-state index in [0.29, 0.717) is 17.9 Å². The maximum Gasteiger partial charge on any atom is 0.328 e. The number of benzene rings is 1. The van der Waals surface area contributed by atoms with E-state index in [1.165, 1.54) is 0 Å². The number of ether oxygens (including phenoxy) is 1. The number of carboxylic acid groups (broad SMARTS) is 1. The van der Waals surface area contributed by atoms with Crippen LogP contribution in [0.1, 0.15) is 25.8 Å². The Hall–Kier alpha value is -2.24. The van der Waals surface area contributed by atoms with Crippen molar-refractivity contribution in [1.29, 1.82) is 0 Å². The lowest BCUT2D eigenvalue weighted by molar-refractivity contribution is -0.144. The minimum absolute atomic E-state index is 0.192. The van der Waals surface area contributed by atoms with Crippen LogP contribution in [0.15, 0.2) is 29.4 Å². The smallest absolute Gasteiger partial charge is 0.328 e. The van der Waals surface area contributed by atoms with Gasteiger partial charge in [0.1, 0.15) is 11.3 Å².